The van der Waals surface area contributed by atoms with Crippen LogP contribution < -0.4 is 25.7 Å². The van der Waals surface area contributed by atoms with Gasteiger partial charge in [-0.3, -0.25) is 19.1 Å². The Morgan fingerprint density at radius 2 is 1.88 bits per heavy atom. The molecule has 0 radical (unpaired) electrons. The number of pyridine rings is 1. The first-order valence-electron chi connectivity index (χ1n) is 16.5. The lowest BCUT2D eigenvalue weighted by atomic mass is 9.93. The number of amides is 1. The molecule has 1 saturated heterocycles. The fourth-order valence-corrected chi connectivity index (χ4v) is 5.95. The van der Waals surface area contributed by atoms with Crippen molar-refractivity contribution in [2.45, 2.75) is 33.7 Å². The molecule has 0 saturated carbocycles. The van der Waals surface area contributed by atoms with Crippen LogP contribution in [-0.2, 0) is 22.5 Å². The van der Waals surface area contributed by atoms with E-state index in [4.69, 9.17) is 30.8 Å². The van der Waals surface area contributed by atoms with Crippen molar-refractivity contribution in [1.82, 2.24) is 19.4 Å². The van der Waals surface area contributed by atoms with Crippen molar-refractivity contribution < 1.29 is 23.4 Å². The largest absolute Gasteiger partial charge is 0.497 e. The predicted octanol–water partition coefficient (Wildman–Crippen LogP) is 5.69. The molecule has 1 fully saturated rings. The van der Waals surface area contributed by atoms with Gasteiger partial charge in [-0.1, -0.05) is 44.5 Å². The van der Waals surface area contributed by atoms with Gasteiger partial charge in [0.05, 0.1) is 38.1 Å². The molecule has 0 unspecified atom stereocenters. The van der Waals surface area contributed by atoms with E-state index in [1.165, 1.54) is 37.0 Å². The highest BCUT2D eigenvalue weighted by Gasteiger charge is 2.20. The van der Waals surface area contributed by atoms with Gasteiger partial charge in [-0.05, 0) is 41.7 Å². The van der Waals surface area contributed by atoms with Crippen LogP contribution in [0.5, 0.6) is 11.5 Å². The van der Waals surface area contributed by atoms with Gasteiger partial charge in [0, 0.05) is 61.5 Å². The third-order valence-corrected chi connectivity index (χ3v) is 8.64. The number of aryl methyl sites for hydroxylation is 2. The van der Waals surface area contributed by atoms with Crippen molar-refractivity contribution in [2.75, 3.05) is 64.2 Å². The van der Waals surface area contributed by atoms with E-state index in [0.717, 1.165) is 19.6 Å². The summed E-state index contributed by atoms with van der Waals surface area (Å²) in [5.74, 6) is -0.223. The maximum absolute atomic E-state index is 15.3. The molecule has 1 aliphatic heterocycles. The van der Waals surface area contributed by atoms with Crippen molar-refractivity contribution in [1.29, 1.82) is 5.26 Å². The number of hydrogen-bond donors (Lipinski definition) is 2. The Balaban J connectivity index is 1.47. The van der Waals surface area contributed by atoms with Gasteiger partial charge >= 0.3 is 0 Å². The van der Waals surface area contributed by atoms with Gasteiger partial charge in [0.1, 0.15) is 34.6 Å². The number of benzene rings is 2. The highest BCUT2D eigenvalue weighted by Crippen LogP contribution is 2.38. The van der Waals surface area contributed by atoms with Crippen LogP contribution in [0.1, 0.15) is 26.3 Å². The first-order valence-corrected chi connectivity index (χ1v) is 16.9. The van der Waals surface area contributed by atoms with Gasteiger partial charge in [0.25, 0.3) is 11.5 Å². The van der Waals surface area contributed by atoms with Crippen LogP contribution in [-0.4, -0.2) is 79.0 Å². The minimum absolute atomic E-state index is 0.0643. The predicted molar refractivity (Wildman–Crippen MR) is 195 cm³/mol. The van der Waals surface area contributed by atoms with E-state index in [-0.39, 0.29) is 40.4 Å². The topological polar surface area (TPSA) is 144 Å². The van der Waals surface area contributed by atoms with E-state index in [9.17, 15) is 14.9 Å². The molecule has 2 N–H and O–H groups in total. The number of halogens is 2. The van der Waals surface area contributed by atoms with Crippen LogP contribution in [0.3, 0.4) is 0 Å². The lowest BCUT2D eigenvalue weighted by Crippen LogP contribution is -2.39. The molecule has 0 atom stereocenters. The zero-order valence-electron chi connectivity index (χ0n) is 29.3. The first-order chi connectivity index (χ1) is 24.4. The summed E-state index contributed by atoms with van der Waals surface area (Å²) in [7, 11) is 2.98. The van der Waals surface area contributed by atoms with Gasteiger partial charge in [0.15, 0.2) is 0 Å². The van der Waals surface area contributed by atoms with Gasteiger partial charge in [-0.25, -0.2) is 9.37 Å². The Hall–Kier alpha value is -5.03. The minimum atomic E-state index is -0.698. The lowest BCUT2D eigenvalue weighted by molar-refractivity contribution is -0.112. The number of hydrogen-bond acceptors (Lipinski definition) is 10. The first kappa shape index (κ1) is 37.2. The molecule has 4 aromatic rings. The number of carbonyl (C=O) groups excluding carboxylic acids is 1. The van der Waals surface area contributed by atoms with Crippen LogP contribution in [0.25, 0.3) is 22.2 Å². The smallest absolute Gasteiger partial charge is 0.266 e. The molecular weight excluding hydrogens is 677 g/mol. The van der Waals surface area contributed by atoms with Crippen LogP contribution in [0, 0.1) is 22.6 Å². The molecule has 1 aliphatic rings. The third-order valence-electron chi connectivity index (χ3n) is 8.25. The molecule has 268 valence electrons. The van der Waals surface area contributed by atoms with Gasteiger partial charge < -0.3 is 24.8 Å². The maximum Gasteiger partial charge on any atom is 0.266 e. The number of aromatic nitrogens is 3. The molecule has 3 heterocycles. The summed E-state index contributed by atoms with van der Waals surface area (Å²) < 4.78 is 33.1. The van der Waals surface area contributed by atoms with Crippen LogP contribution >= 0.6 is 11.6 Å². The Morgan fingerprint density at radius 3 is 2.55 bits per heavy atom. The van der Waals surface area contributed by atoms with Crippen molar-refractivity contribution in [3.05, 3.63) is 81.0 Å². The average Bonchev–Trinajstić information content (AvgIpc) is 3.11. The molecule has 5 rings (SSSR count). The molecule has 1 amide bonds. The molecule has 0 spiro atoms. The number of nitriles is 1. The number of fused-ring (bicyclic) bond motifs is 1. The number of nitrogens with zero attached hydrogens (tertiary/aromatic N) is 5. The Kier molecular flexibility index (Phi) is 11.9. The number of carbonyl (C=O) groups is 1. The molecular formula is C37H41ClFN7O5. The van der Waals surface area contributed by atoms with Crippen molar-refractivity contribution in [3.8, 4) is 28.7 Å². The summed E-state index contributed by atoms with van der Waals surface area (Å²) in [5, 5.41) is 16.0. The number of ether oxygens (including phenoxy) is 3. The molecule has 2 aromatic carbocycles. The van der Waals surface area contributed by atoms with Gasteiger partial charge in [0.2, 0.25) is 5.95 Å². The Bertz CT molecular complexity index is 2050. The summed E-state index contributed by atoms with van der Waals surface area (Å²) in [4.78, 5) is 38.5. The van der Waals surface area contributed by atoms with Crippen LogP contribution in [0.4, 0.5) is 16.0 Å². The standard InChI is InChI=1S/C37H41ClFN7O5/c1-37(2,3)20-25(21-40)34(47)43-30-7-6-23(16-29(30)39)8-10-46-33-24(22-42-36(44-33)41-9-11-45-12-14-51-15-13-45)17-28(35(46)48)27-18-26(49-4)19-31(50-5)32(27)38/h6-7,16-20,22H,8-15H2,1-5H3,(H,43,47)(H,41,42,44)/b25-20+. The number of allylic oxidation sites excluding steroid dienone is 1. The fraction of sp³-hybridized carbons (Fsp3) is 0.378. The van der Waals surface area contributed by atoms with Crippen LogP contribution in [0.15, 0.2) is 59.0 Å². The molecule has 12 nitrogen and oxygen atoms in total. The second-order valence-electron chi connectivity index (χ2n) is 13.1. The second kappa shape index (κ2) is 16.3. The highest BCUT2D eigenvalue weighted by molar-refractivity contribution is 6.35. The average molecular weight is 718 g/mol. The minimum Gasteiger partial charge on any atom is -0.497 e. The normalized spacial score (nSPS) is 13.9. The number of rotatable bonds is 12. The fourth-order valence-electron chi connectivity index (χ4n) is 5.66. The van der Waals surface area contributed by atoms with Crippen molar-refractivity contribution >= 4 is 40.2 Å². The van der Waals surface area contributed by atoms with E-state index >= 15 is 4.39 Å². The summed E-state index contributed by atoms with van der Waals surface area (Å²) in [6, 6.07) is 11.3. The molecule has 14 heteroatoms. The van der Waals surface area contributed by atoms with Crippen LogP contribution in [0.2, 0.25) is 5.02 Å². The summed E-state index contributed by atoms with van der Waals surface area (Å²) in [6.45, 7) is 10.2. The zero-order valence-corrected chi connectivity index (χ0v) is 30.1. The third kappa shape index (κ3) is 9.21. The lowest BCUT2D eigenvalue weighted by Gasteiger charge is -2.26. The maximum atomic E-state index is 15.3. The number of anilines is 2. The van der Waals surface area contributed by atoms with Gasteiger partial charge in [-0.15, -0.1) is 0 Å². The molecule has 51 heavy (non-hydrogen) atoms. The number of nitrogens with one attached hydrogen (secondary N) is 2. The summed E-state index contributed by atoms with van der Waals surface area (Å²) in [5.41, 5.74) is 0.675. The second-order valence-corrected chi connectivity index (χ2v) is 13.5. The number of methoxy groups -OCH3 is 2. The Morgan fingerprint density at radius 1 is 1.12 bits per heavy atom. The molecule has 2 aromatic heterocycles. The molecule has 0 aliphatic carbocycles. The monoisotopic (exact) mass is 717 g/mol. The van der Waals surface area contributed by atoms with E-state index in [2.05, 4.69) is 20.5 Å². The Labute approximate surface area is 300 Å². The quantitative estimate of drug-likeness (QED) is 0.139. The summed E-state index contributed by atoms with van der Waals surface area (Å²) in [6.07, 6.45) is 3.43. The summed E-state index contributed by atoms with van der Waals surface area (Å²) >= 11 is 6.72. The molecule has 0 bridgehead atoms. The van der Waals surface area contributed by atoms with Crippen molar-refractivity contribution in [2.24, 2.45) is 5.41 Å². The van der Waals surface area contributed by atoms with E-state index in [1.807, 2.05) is 26.8 Å². The van der Waals surface area contributed by atoms with Crippen molar-refractivity contribution in [3.63, 3.8) is 0 Å². The SMILES string of the molecule is COc1cc(OC)c(Cl)c(-c2cc3cnc(NCCN4CCOCC4)nc3n(CCc3ccc(NC(=O)/C(C#N)=C/C(C)(C)C)c(F)c3)c2=O)c1. The van der Waals surface area contributed by atoms with E-state index in [0.29, 0.717) is 59.4 Å². The van der Waals surface area contributed by atoms with E-state index < -0.39 is 17.1 Å². The zero-order chi connectivity index (χ0) is 36.7. The number of morpholine rings is 1. The van der Waals surface area contributed by atoms with Gasteiger partial charge in [-0.2, -0.15) is 10.2 Å². The van der Waals surface area contributed by atoms with E-state index in [1.54, 1.807) is 30.5 Å². The highest BCUT2D eigenvalue weighted by atomic mass is 35.5.